The summed E-state index contributed by atoms with van der Waals surface area (Å²) in [7, 11) is 0. The number of esters is 3. The van der Waals surface area contributed by atoms with Gasteiger partial charge >= 0.3 is 17.9 Å². The first-order valence-corrected chi connectivity index (χ1v) is 26.7. The maximum absolute atomic E-state index is 12.8. The average molecular weight is 847 g/mol. The van der Waals surface area contributed by atoms with Gasteiger partial charge in [0.15, 0.2) is 6.10 Å². The molecule has 0 amide bonds. The van der Waals surface area contributed by atoms with Gasteiger partial charge in [-0.1, -0.05) is 245 Å². The predicted molar refractivity (Wildman–Crippen MR) is 256 cm³/mol. The van der Waals surface area contributed by atoms with E-state index in [2.05, 4.69) is 32.9 Å². The van der Waals surface area contributed by atoms with Gasteiger partial charge in [0.25, 0.3) is 0 Å². The predicted octanol–water partition coefficient (Wildman–Crippen LogP) is 17.4. The second kappa shape index (κ2) is 49.8. The number of ether oxygens (including phenoxy) is 3. The molecular formula is C54H102O6. The van der Waals surface area contributed by atoms with Crippen molar-refractivity contribution in [1.29, 1.82) is 0 Å². The Balaban J connectivity index is 4.33. The van der Waals surface area contributed by atoms with Gasteiger partial charge < -0.3 is 14.2 Å². The van der Waals surface area contributed by atoms with Crippen LogP contribution in [0.2, 0.25) is 0 Å². The van der Waals surface area contributed by atoms with Crippen LogP contribution < -0.4 is 0 Å². The third-order valence-corrected chi connectivity index (χ3v) is 12.0. The highest BCUT2D eigenvalue weighted by molar-refractivity contribution is 5.71. The first-order valence-electron chi connectivity index (χ1n) is 26.7. The molecule has 6 heteroatoms. The first kappa shape index (κ1) is 58.1. The fourth-order valence-corrected chi connectivity index (χ4v) is 7.97. The molecule has 0 unspecified atom stereocenters. The molecule has 0 spiro atoms. The van der Waals surface area contributed by atoms with Crippen LogP contribution in [-0.4, -0.2) is 37.2 Å². The summed E-state index contributed by atoms with van der Waals surface area (Å²) >= 11 is 0. The minimum Gasteiger partial charge on any atom is -0.462 e. The van der Waals surface area contributed by atoms with Gasteiger partial charge in [-0.05, 0) is 44.9 Å². The van der Waals surface area contributed by atoms with Gasteiger partial charge in [-0.2, -0.15) is 0 Å². The van der Waals surface area contributed by atoms with Crippen molar-refractivity contribution in [3.05, 3.63) is 12.2 Å². The van der Waals surface area contributed by atoms with Gasteiger partial charge in [-0.25, -0.2) is 0 Å². The number of carbonyl (C=O) groups excluding carboxylic acids is 3. The number of unbranched alkanes of at least 4 members (excludes halogenated alkanes) is 36. The van der Waals surface area contributed by atoms with Gasteiger partial charge in [0.1, 0.15) is 13.2 Å². The van der Waals surface area contributed by atoms with E-state index in [1.807, 2.05) is 0 Å². The minimum absolute atomic E-state index is 0.0671. The zero-order valence-corrected chi connectivity index (χ0v) is 40.5. The van der Waals surface area contributed by atoms with E-state index < -0.39 is 6.10 Å². The second-order valence-corrected chi connectivity index (χ2v) is 18.2. The molecule has 0 bridgehead atoms. The molecule has 0 aliphatic carbocycles. The van der Waals surface area contributed by atoms with Crippen molar-refractivity contribution in [2.45, 2.75) is 303 Å². The number of hydrogen-bond donors (Lipinski definition) is 0. The number of rotatable bonds is 49. The van der Waals surface area contributed by atoms with Crippen molar-refractivity contribution in [3.8, 4) is 0 Å². The van der Waals surface area contributed by atoms with Crippen LogP contribution in [0.5, 0.6) is 0 Å². The van der Waals surface area contributed by atoms with E-state index in [0.29, 0.717) is 19.3 Å². The van der Waals surface area contributed by atoms with Gasteiger partial charge in [0.05, 0.1) is 0 Å². The van der Waals surface area contributed by atoms with E-state index >= 15 is 0 Å². The van der Waals surface area contributed by atoms with Crippen LogP contribution in [-0.2, 0) is 28.6 Å². The highest BCUT2D eigenvalue weighted by Gasteiger charge is 2.19. The Morgan fingerprint density at radius 2 is 0.550 bits per heavy atom. The Bertz CT molecular complexity index is 931. The Morgan fingerprint density at radius 1 is 0.317 bits per heavy atom. The maximum Gasteiger partial charge on any atom is 0.306 e. The van der Waals surface area contributed by atoms with Crippen molar-refractivity contribution >= 4 is 17.9 Å². The van der Waals surface area contributed by atoms with Gasteiger partial charge in [0.2, 0.25) is 0 Å². The van der Waals surface area contributed by atoms with Gasteiger partial charge in [-0.15, -0.1) is 0 Å². The number of hydrogen-bond acceptors (Lipinski definition) is 6. The Kier molecular flexibility index (Phi) is 48.3. The largest absolute Gasteiger partial charge is 0.462 e. The van der Waals surface area contributed by atoms with Crippen molar-refractivity contribution < 1.29 is 28.6 Å². The van der Waals surface area contributed by atoms with Crippen molar-refractivity contribution in [2.24, 2.45) is 0 Å². The molecule has 0 aliphatic rings. The van der Waals surface area contributed by atoms with Crippen molar-refractivity contribution in [2.75, 3.05) is 13.2 Å². The minimum atomic E-state index is -0.766. The molecule has 0 aromatic rings. The molecule has 0 N–H and O–H groups in total. The summed E-state index contributed by atoms with van der Waals surface area (Å²) in [5.74, 6) is -0.857. The van der Waals surface area contributed by atoms with Crippen LogP contribution >= 0.6 is 0 Å². The lowest BCUT2D eigenvalue weighted by molar-refractivity contribution is -0.167. The lowest BCUT2D eigenvalue weighted by Crippen LogP contribution is -2.30. The fraction of sp³-hybridized carbons (Fsp3) is 0.907. The molecule has 0 fully saturated rings. The highest BCUT2D eigenvalue weighted by atomic mass is 16.6. The lowest BCUT2D eigenvalue weighted by atomic mass is 10.0. The topological polar surface area (TPSA) is 78.9 Å². The van der Waals surface area contributed by atoms with Crippen LogP contribution in [0.1, 0.15) is 297 Å². The summed E-state index contributed by atoms with van der Waals surface area (Å²) in [6, 6.07) is 0. The Labute approximate surface area is 373 Å². The van der Waals surface area contributed by atoms with Gasteiger partial charge in [-0.3, -0.25) is 14.4 Å². The monoisotopic (exact) mass is 847 g/mol. The van der Waals surface area contributed by atoms with E-state index in [0.717, 1.165) is 64.2 Å². The van der Waals surface area contributed by atoms with Crippen molar-refractivity contribution in [3.63, 3.8) is 0 Å². The molecule has 0 rings (SSSR count). The van der Waals surface area contributed by atoms with E-state index in [1.54, 1.807) is 0 Å². The molecular weight excluding hydrogens is 745 g/mol. The van der Waals surface area contributed by atoms with E-state index in [1.165, 1.54) is 193 Å². The van der Waals surface area contributed by atoms with E-state index in [4.69, 9.17) is 14.2 Å². The van der Waals surface area contributed by atoms with Crippen LogP contribution in [0.15, 0.2) is 12.2 Å². The van der Waals surface area contributed by atoms with E-state index in [-0.39, 0.29) is 31.1 Å². The normalized spacial score (nSPS) is 12.0. The van der Waals surface area contributed by atoms with Crippen LogP contribution in [0.4, 0.5) is 0 Å². The third-order valence-electron chi connectivity index (χ3n) is 12.0. The molecule has 60 heavy (non-hydrogen) atoms. The molecule has 0 aromatic heterocycles. The molecule has 0 aliphatic heterocycles. The lowest BCUT2D eigenvalue weighted by Gasteiger charge is -2.18. The van der Waals surface area contributed by atoms with Crippen LogP contribution in [0, 0.1) is 0 Å². The average Bonchev–Trinajstić information content (AvgIpc) is 3.24. The quantitative estimate of drug-likeness (QED) is 0.0263. The van der Waals surface area contributed by atoms with Gasteiger partial charge in [0, 0.05) is 19.3 Å². The Hall–Kier alpha value is -1.85. The summed E-state index contributed by atoms with van der Waals surface area (Å²) in [5.41, 5.74) is 0. The molecule has 1 atom stereocenters. The fourth-order valence-electron chi connectivity index (χ4n) is 7.97. The zero-order valence-electron chi connectivity index (χ0n) is 40.5. The number of carbonyl (C=O) groups is 3. The second-order valence-electron chi connectivity index (χ2n) is 18.2. The molecule has 0 saturated carbocycles. The standard InChI is InChI=1S/C54H102O6/c1-4-7-10-13-16-19-22-25-27-29-32-35-38-41-44-47-53(56)59-50-51(49-58-52(55)46-43-40-37-34-31-24-21-18-15-12-9-6-3)60-54(57)48-45-42-39-36-33-30-28-26-23-20-17-14-11-8-5-2/h25,27,51H,4-24,26,28-50H2,1-3H3/b27-25-/t51-/m1/s1. The molecule has 0 heterocycles. The highest BCUT2D eigenvalue weighted by Crippen LogP contribution is 2.16. The smallest absolute Gasteiger partial charge is 0.306 e. The third kappa shape index (κ3) is 47.2. The first-order chi connectivity index (χ1) is 29.5. The van der Waals surface area contributed by atoms with Crippen LogP contribution in [0.3, 0.4) is 0 Å². The SMILES string of the molecule is CCCCCCCC/C=C\CCCCCCCC(=O)OC[C@@H](COC(=O)CCCCCCCCCCCCCC)OC(=O)CCCCCCCCCCCCCCCCC. The Morgan fingerprint density at radius 3 is 0.833 bits per heavy atom. The van der Waals surface area contributed by atoms with Crippen molar-refractivity contribution in [1.82, 2.24) is 0 Å². The summed E-state index contributed by atoms with van der Waals surface area (Å²) in [6.45, 7) is 6.66. The molecule has 0 saturated heterocycles. The maximum atomic E-state index is 12.8. The van der Waals surface area contributed by atoms with E-state index in [9.17, 15) is 14.4 Å². The summed E-state index contributed by atoms with van der Waals surface area (Å²) in [6.07, 6.45) is 54.7. The van der Waals surface area contributed by atoms with Crippen LogP contribution in [0.25, 0.3) is 0 Å². The molecule has 0 aromatic carbocycles. The summed E-state index contributed by atoms with van der Waals surface area (Å²) < 4.78 is 16.8. The number of allylic oxidation sites excluding steroid dienone is 2. The zero-order chi connectivity index (χ0) is 43.7. The summed E-state index contributed by atoms with van der Waals surface area (Å²) in [5, 5.41) is 0. The molecule has 354 valence electrons. The molecule has 6 nitrogen and oxygen atoms in total. The summed E-state index contributed by atoms with van der Waals surface area (Å²) in [4.78, 5) is 38.0. The molecule has 0 radical (unpaired) electrons.